The molecule has 2 heterocycles. The SMILES string of the molecule is COc1cc(CN2C[C@H]3CC[C@@H](C2)C3OC)ccc1OCC(O)CN1CCNCC1.Cl.Cl. The summed E-state index contributed by atoms with van der Waals surface area (Å²) in [5.41, 5.74) is 1.23. The van der Waals surface area contributed by atoms with Crippen molar-refractivity contribution in [3.8, 4) is 11.5 Å². The van der Waals surface area contributed by atoms with E-state index in [2.05, 4.69) is 27.2 Å². The normalized spacial score (nSPS) is 26.7. The molecular formula is C23H39Cl2N3O4. The van der Waals surface area contributed by atoms with Gasteiger partial charge in [-0.25, -0.2) is 0 Å². The second kappa shape index (κ2) is 13.2. The van der Waals surface area contributed by atoms with Crippen molar-refractivity contribution in [3.63, 3.8) is 0 Å². The highest BCUT2D eigenvalue weighted by Gasteiger charge is 2.42. The Morgan fingerprint density at radius 1 is 1.03 bits per heavy atom. The van der Waals surface area contributed by atoms with Crippen LogP contribution in [-0.2, 0) is 11.3 Å². The molecule has 7 nitrogen and oxygen atoms in total. The first-order valence-electron chi connectivity index (χ1n) is 11.3. The van der Waals surface area contributed by atoms with Crippen molar-refractivity contribution in [2.45, 2.75) is 31.6 Å². The molecule has 0 amide bonds. The van der Waals surface area contributed by atoms with Crippen molar-refractivity contribution in [1.29, 1.82) is 0 Å². The number of likely N-dealkylation sites (tertiary alicyclic amines) is 1. The molecule has 3 fully saturated rings. The van der Waals surface area contributed by atoms with Crippen LogP contribution < -0.4 is 14.8 Å². The summed E-state index contributed by atoms with van der Waals surface area (Å²) in [6, 6.07) is 6.16. The number of aliphatic hydroxyl groups excluding tert-OH is 1. The monoisotopic (exact) mass is 491 g/mol. The second-order valence-electron chi connectivity index (χ2n) is 8.99. The zero-order valence-corrected chi connectivity index (χ0v) is 20.8. The van der Waals surface area contributed by atoms with Gasteiger partial charge in [-0.1, -0.05) is 6.07 Å². The third kappa shape index (κ3) is 6.86. The molecule has 1 aliphatic carbocycles. The van der Waals surface area contributed by atoms with Crippen molar-refractivity contribution < 1.29 is 19.3 Å². The molecule has 1 aromatic rings. The van der Waals surface area contributed by atoms with E-state index in [1.807, 2.05) is 13.2 Å². The van der Waals surface area contributed by atoms with E-state index in [1.165, 1.54) is 18.4 Å². The van der Waals surface area contributed by atoms with Crippen LogP contribution in [0.3, 0.4) is 0 Å². The number of hydrogen-bond donors (Lipinski definition) is 2. The molecule has 0 radical (unpaired) electrons. The lowest BCUT2D eigenvalue weighted by Gasteiger charge is -2.37. The fourth-order valence-electron chi connectivity index (χ4n) is 5.40. The van der Waals surface area contributed by atoms with Gasteiger partial charge in [0.15, 0.2) is 11.5 Å². The van der Waals surface area contributed by atoms with E-state index >= 15 is 0 Å². The Balaban J connectivity index is 0.00000181. The van der Waals surface area contributed by atoms with Gasteiger partial charge in [-0.3, -0.25) is 9.80 Å². The standard InChI is InChI=1S/C23H37N3O4.2ClH/c1-28-22-11-17(12-26-13-18-4-5-19(14-26)23(18)29-2)3-6-21(22)30-16-20(27)15-25-9-7-24-8-10-25;;/h3,6,11,18-20,23-24,27H,4-5,7-10,12-16H2,1-2H3;2*1H/t18-,19+,20?,23?;;. The van der Waals surface area contributed by atoms with Gasteiger partial charge < -0.3 is 24.6 Å². The van der Waals surface area contributed by atoms with Crippen molar-refractivity contribution in [1.82, 2.24) is 15.1 Å². The van der Waals surface area contributed by atoms with E-state index in [0.29, 0.717) is 30.2 Å². The van der Waals surface area contributed by atoms with Crippen molar-refractivity contribution in [2.75, 3.05) is 66.6 Å². The number of aliphatic hydroxyl groups is 1. The van der Waals surface area contributed by atoms with Gasteiger partial charge in [0.2, 0.25) is 0 Å². The van der Waals surface area contributed by atoms with Gasteiger partial charge in [-0.05, 0) is 42.4 Å². The molecule has 0 spiro atoms. The Kier molecular flexibility index (Phi) is 11.3. The minimum Gasteiger partial charge on any atom is -0.493 e. The maximum atomic E-state index is 10.3. The average Bonchev–Trinajstić information content (AvgIpc) is 3.02. The number of nitrogens with one attached hydrogen (secondary N) is 1. The summed E-state index contributed by atoms with van der Waals surface area (Å²) in [5, 5.41) is 13.7. The first-order chi connectivity index (χ1) is 14.7. The average molecular weight is 492 g/mol. The fraction of sp³-hybridized carbons (Fsp3) is 0.739. The Morgan fingerprint density at radius 2 is 1.72 bits per heavy atom. The highest BCUT2D eigenvalue weighted by atomic mass is 35.5. The van der Waals surface area contributed by atoms with Crippen LogP contribution in [0.25, 0.3) is 0 Å². The molecule has 2 unspecified atom stereocenters. The molecule has 32 heavy (non-hydrogen) atoms. The van der Waals surface area contributed by atoms with Crippen molar-refractivity contribution in [2.24, 2.45) is 11.8 Å². The summed E-state index contributed by atoms with van der Waals surface area (Å²) in [4.78, 5) is 4.81. The number of nitrogens with zero attached hydrogens (tertiary/aromatic N) is 2. The summed E-state index contributed by atoms with van der Waals surface area (Å²) in [6.07, 6.45) is 2.50. The molecular weight excluding hydrogens is 453 g/mol. The molecule has 0 aromatic heterocycles. The minimum atomic E-state index is -0.509. The van der Waals surface area contributed by atoms with Gasteiger partial charge in [0.1, 0.15) is 12.7 Å². The summed E-state index contributed by atoms with van der Waals surface area (Å²) in [5.74, 6) is 2.75. The molecule has 4 rings (SSSR count). The van der Waals surface area contributed by atoms with Crippen LogP contribution in [0.2, 0.25) is 0 Å². The maximum absolute atomic E-state index is 10.3. The highest BCUT2D eigenvalue weighted by molar-refractivity contribution is 5.85. The quantitative estimate of drug-likeness (QED) is 0.547. The van der Waals surface area contributed by atoms with E-state index in [4.69, 9.17) is 14.2 Å². The van der Waals surface area contributed by atoms with Crippen LogP contribution in [0.15, 0.2) is 18.2 Å². The third-order valence-corrected chi connectivity index (χ3v) is 6.84. The van der Waals surface area contributed by atoms with Gasteiger partial charge in [0.05, 0.1) is 13.2 Å². The van der Waals surface area contributed by atoms with Crippen molar-refractivity contribution >= 4 is 24.8 Å². The Bertz CT molecular complexity index is 679. The third-order valence-electron chi connectivity index (χ3n) is 6.84. The maximum Gasteiger partial charge on any atom is 0.161 e. The number of benzene rings is 1. The zero-order valence-electron chi connectivity index (χ0n) is 19.2. The minimum absolute atomic E-state index is 0. The highest BCUT2D eigenvalue weighted by Crippen LogP contribution is 2.39. The number of ether oxygens (including phenoxy) is 3. The van der Waals surface area contributed by atoms with Crippen LogP contribution >= 0.6 is 24.8 Å². The number of hydrogen-bond acceptors (Lipinski definition) is 7. The summed E-state index contributed by atoms with van der Waals surface area (Å²) in [6.45, 7) is 7.94. The Morgan fingerprint density at radius 3 is 2.34 bits per heavy atom. The molecule has 1 saturated carbocycles. The molecule has 2 aliphatic heterocycles. The predicted molar refractivity (Wildman–Crippen MR) is 131 cm³/mol. The van der Waals surface area contributed by atoms with Gasteiger partial charge in [-0.15, -0.1) is 24.8 Å². The molecule has 2 N–H and O–H groups in total. The molecule has 9 heteroatoms. The Labute approximate surface area is 204 Å². The van der Waals surface area contributed by atoms with E-state index in [-0.39, 0.29) is 31.4 Å². The molecule has 184 valence electrons. The lowest BCUT2D eigenvalue weighted by molar-refractivity contribution is -0.0180. The van der Waals surface area contributed by atoms with Gasteiger partial charge in [-0.2, -0.15) is 0 Å². The first-order valence-corrected chi connectivity index (χ1v) is 11.3. The number of rotatable bonds is 9. The molecule has 3 aliphatic rings. The lowest BCUT2D eigenvalue weighted by atomic mass is 9.94. The predicted octanol–water partition coefficient (Wildman–Crippen LogP) is 2.04. The van der Waals surface area contributed by atoms with E-state index in [0.717, 1.165) is 51.6 Å². The molecule has 1 aromatic carbocycles. The number of methoxy groups -OCH3 is 2. The molecule has 4 atom stereocenters. The van der Waals surface area contributed by atoms with Crippen LogP contribution in [0.1, 0.15) is 18.4 Å². The topological polar surface area (TPSA) is 66.4 Å². The van der Waals surface area contributed by atoms with E-state index < -0.39 is 6.10 Å². The largest absolute Gasteiger partial charge is 0.493 e. The summed E-state index contributed by atoms with van der Waals surface area (Å²) in [7, 11) is 3.53. The number of piperazine rings is 1. The number of fused-ring (bicyclic) bond motifs is 2. The van der Waals surface area contributed by atoms with Crippen molar-refractivity contribution in [3.05, 3.63) is 23.8 Å². The lowest BCUT2D eigenvalue weighted by Crippen LogP contribution is -2.47. The number of β-amino-alcohol motifs (C(OH)–C–C–N with tert-alkyl or cyclic N) is 1. The molecule has 2 saturated heterocycles. The zero-order chi connectivity index (χ0) is 20.9. The van der Waals surface area contributed by atoms with Gasteiger partial charge in [0.25, 0.3) is 0 Å². The van der Waals surface area contributed by atoms with Crippen LogP contribution in [0.5, 0.6) is 11.5 Å². The summed E-state index contributed by atoms with van der Waals surface area (Å²) >= 11 is 0. The fourth-order valence-corrected chi connectivity index (χ4v) is 5.40. The van der Waals surface area contributed by atoms with Crippen LogP contribution in [0.4, 0.5) is 0 Å². The van der Waals surface area contributed by atoms with Crippen LogP contribution in [0, 0.1) is 11.8 Å². The van der Waals surface area contributed by atoms with Crippen LogP contribution in [-0.4, -0.2) is 93.8 Å². The first kappa shape index (κ1) is 27.4. The second-order valence-corrected chi connectivity index (χ2v) is 8.99. The number of piperidine rings is 1. The van der Waals surface area contributed by atoms with E-state index in [1.54, 1.807) is 7.11 Å². The Hall–Kier alpha value is -0.800. The van der Waals surface area contributed by atoms with Gasteiger partial charge in [0, 0.05) is 59.5 Å². The smallest absolute Gasteiger partial charge is 0.161 e. The van der Waals surface area contributed by atoms with Gasteiger partial charge >= 0.3 is 0 Å². The summed E-state index contributed by atoms with van der Waals surface area (Å²) < 4.78 is 17.2. The van der Waals surface area contributed by atoms with E-state index in [9.17, 15) is 5.11 Å². The number of halogens is 2. The molecule has 2 bridgehead atoms.